The second-order valence-electron chi connectivity index (χ2n) is 15.1. The molecule has 1 unspecified atom stereocenters. The van der Waals surface area contributed by atoms with Crippen LogP contribution in [0.1, 0.15) is 44.9 Å². The fourth-order valence-electron chi connectivity index (χ4n) is 9.52. The predicted molar refractivity (Wildman–Crippen MR) is 245 cm³/mol. The summed E-state index contributed by atoms with van der Waals surface area (Å²) in [7, 11) is 0. The largest absolute Gasteiger partial charge is 0.449 e. The van der Waals surface area contributed by atoms with E-state index in [1.165, 1.54) is 50.1 Å². The van der Waals surface area contributed by atoms with Crippen LogP contribution in [-0.2, 0) is 5.41 Å². The standard InChI is InChI=1S/C56H38O2.CH3N/c1-5-19-38(20-6-1)44-29-13-14-30-46(44)52(39-21-7-2-8-22-39)41-24-17-23-40(37-41)45-32-18-34-50-54(45)58-55-51(57-50)36-35-49-53(55)47-31-15-16-33-48(47)56(49,42-25-9-3-10-26-42)43-27-11-4-12-28-43;1-2/h1-37,52H;2H,1H2. The minimum Gasteiger partial charge on any atom is -0.449 e. The molecule has 3 heteroatoms. The second-order valence-corrected chi connectivity index (χ2v) is 15.1. The van der Waals surface area contributed by atoms with Gasteiger partial charge in [0, 0.05) is 17.0 Å². The third-order valence-electron chi connectivity index (χ3n) is 12.0. The average Bonchev–Trinajstić information content (AvgIpc) is 3.64. The summed E-state index contributed by atoms with van der Waals surface area (Å²) in [6.45, 7) is 2.50. The molecule has 2 aliphatic rings. The van der Waals surface area contributed by atoms with E-state index in [9.17, 15) is 0 Å². The van der Waals surface area contributed by atoms with Crippen LogP contribution >= 0.6 is 0 Å². The summed E-state index contributed by atoms with van der Waals surface area (Å²) in [4.78, 5) is 0. The highest BCUT2D eigenvalue weighted by molar-refractivity contribution is 5.92. The quantitative estimate of drug-likeness (QED) is 0.130. The molecule has 0 aromatic heterocycles. The van der Waals surface area contributed by atoms with Crippen molar-refractivity contribution >= 4 is 6.72 Å². The number of hydrogen-bond acceptors (Lipinski definition) is 3. The highest BCUT2D eigenvalue weighted by Gasteiger charge is 2.48. The minimum absolute atomic E-state index is 0.00106. The van der Waals surface area contributed by atoms with E-state index < -0.39 is 5.41 Å². The maximum Gasteiger partial charge on any atom is 0.178 e. The van der Waals surface area contributed by atoms with E-state index in [0.29, 0.717) is 11.5 Å². The third kappa shape index (κ3) is 5.94. The second kappa shape index (κ2) is 15.5. The molecule has 9 aromatic rings. The molecule has 0 saturated heterocycles. The van der Waals surface area contributed by atoms with E-state index in [2.05, 4.69) is 225 Å². The number of nitrogens with one attached hydrogen (secondary N) is 1. The predicted octanol–water partition coefficient (Wildman–Crippen LogP) is 14.7. The summed E-state index contributed by atoms with van der Waals surface area (Å²) in [5, 5.41) is 5.50. The number of ether oxygens (including phenoxy) is 2. The van der Waals surface area contributed by atoms with Gasteiger partial charge in [-0.05, 0) is 80.0 Å². The summed E-state index contributed by atoms with van der Waals surface area (Å²) in [6.07, 6.45) is 0. The number of hydrogen-bond donors (Lipinski definition) is 1. The van der Waals surface area contributed by atoms with Gasteiger partial charge in [0.2, 0.25) is 0 Å². The van der Waals surface area contributed by atoms with Crippen molar-refractivity contribution in [3.63, 3.8) is 0 Å². The van der Waals surface area contributed by atoms with Crippen molar-refractivity contribution in [2.45, 2.75) is 11.3 Å². The van der Waals surface area contributed by atoms with E-state index in [4.69, 9.17) is 14.9 Å². The molecule has 11 rings (SSSR count). The van der Waals surface area contributed by atoms with Gasteiger partial charge in [-0.1, -0.05) is 212 Å². The van der Waals surface area contributed by atoms with Gasteiger partial charge in [-0.2, -0.15) is 0 Å². The summed E-state index contributed by atoms with van der Waals surface area (Å²) in [5.41, 5.74) is 14.7. The van der Waals surface area contributed by atoms with Crippen molar-refractivity contribution < 1.29 is 9.47 Å². The first-order chi connectivity index (χ1) is 29.8. The zero-order chi connectivity index (χ0) is 40.5. The fourth-order valence-corrected chi connectivity index (χ4v) is 9.52. The molecule has 286 valence electrons. The molecule has 1 aliphatic carbocycles. The molecule has 60 heavy (non-hydrogen) atoms. The maximum absolute atomic E-state index is 7.25. The Bertz CT molecular complexity index is 2920. The van der Waals surface area contributed by atoms with Crippen LogP contribution in [-0.4, -0.2) is 6.72 Å². The molecule has 0 fully saturated rings. The van der Waals surface area contributed by atoms with Crippen LogP contribution in [0.4, 0.5) is 0 Å². The topological polar surface area (TPSA) is 42.3 Å². The molecule has 1 heterocycles. The molecular formula is C57H41NO2. The number of fused-ring (bicyclic) bond motifs is 6. The highest BCUT2D eigenvalue weighted by atomic mass is 16.6. The molecule has 1 atom stereocenters. The Balaban J connectivity index is 0.00000213. The monoisotopic (exact) mass is 771 g/mol. The van der Waals surface area contributed by atoms with Crippen molar-refractivity contribution in [3.8, 4) is 56.4 Å². The first-order valence-electron chi connectivity index (χ1n) is 20.3. The van der Waals surface area contributed by atoms with Gasteiger partial charge in [-0.3, -0.25) is 0 Å². The van der Waals surface area contributed by atoms with Crippen LogP contribution in [0.5, 0.6) is 23.0 Å². The molecule has 0 spiro atoms. The lowest BCUT2D eigenvalue weighted by molar-refractivity contribution is 0.361. The minimum atomic E-state index is -0.538. The van der Waals surface area contributed by atoms with Gasteiger partial charge in [0.25, 0.3) is 0 Å². The van der Waals surface area contributed by atoms with Gasteiger partial charge >= 0.3 is 0 Å². The summed E-state index contributed by atoms with van der Waals surface area (Å²) in [6, 6.07) is 80.3. The van der Waals surface area contributed by atoms with Gasteiger partial charge in [0.1, 0.15) is 0 Å². The molecule has 3 nitrogen and oxygen atoms in total. The lowest BCUT2D eigenvalue weighted by Crippen LogP contribution is -2.28. The van der Waals surface area contributed by atoms with E-state index in [1.807, 2.05) is 6.07 Å². The van der Waals surface area contributed by atoms with Crippen LogP contribution in [0.15, 0.2) is 224 Å². The van der Waals surface area contributed by atoms with Crippen molar-refractivity contribution in [2.24, 2.45) is 0 Å². The summed E-state index contributed by atoms with van der Waals surface area (Å²) >= 11 is 0. The van der Waals surface area contributed by atoms with E-state index in [1.54, 1.807) is 0 Å². The van der Waals surface area contributed by atoms with E-state index in [0.717, 1.165) is 33.8 Å². The Hall–Kier alpha value is -7.75. The normalized spacial score (nSPS) is 13.1. The summed E-state index contributed by atoms with van der Waals surface area (Å²) < 4.78 is 14.1. The van der Waals surface area contributed by atoms with Crippen molar-refractivity contribution in [2.75, 3.05) is 0 Å². The molecule has 1 aliphatic heterocycles. The van der Waals surface area contributed by atoms with Crippen LogP contribution < -0.4 is 9.47 Å². The molecule has 1 N–H and O–H groups in total. The molecule has 9 aromatic carbocycles. The van der Waals surface area contributed by atoms with E-state index in [-0.39, 0.29) is 5.92 Å². The Labute approximate surface area is 351 Å². The highest BCUT2D eigenvalue weighted by Crippen LogP contribution is 2.63. The lowest BCUT2D eigenvalue weighted by Gasteiger charge is -2.34. The first kappa shape index (κ1) is 36.6. The third-order valence-corrected chi connectivity index (χ3v) is 12.0. The van der Waals surface area contributed by atoms with Crippen LogP contribution in [0, 0.1) is 5.41 Å². The Morgan fingerprint density at radius 1 is 0.383 bits per heavy atom. The fraction of sp³-hybridized carbons (Fsp3) is 0.0351. The zero-order valence-corrected chi connectivity index (χ0v) is 33.0. The van der Waals surface area contributed by atoms with Crippen molar-refractivity contribution in [3.05, 3.63) is 263 Å². The van der Waals surface area contributed by atoms with E-state index >= 15 is 0 Å². The zero-order valence-electron chi connectivity index (χ0n) is 33.0. The van der Waals surface area contributed by atoms with Gasteiger partial charge in [-0.25, -0.2) is 0 Å². The van der Waals surface area contributed by atoms with Crippen molar-refractivity contribution in [1.82, 2.24) is 0 Å². The average molecular weight is 772 g/mol. The van der Waals surface area contributed by atoms with Crippen molar-refractivity contribution in [1.29, 1.82) is 5.41 Å². The maximum atomic E-state index is 7.25. The number of benzene rings is 9. The Morgan fingerprint density at radius 3 is 1.63 bits per heavy atom. The SMILES string of the molecule is C=N.c1ccc(-c2ccccc2C(c2ccccc2)c2cccc(-c3cccc4c3Oc3c(ccc5c3-c3ccccc3C5(c3ccccc3)c3ccccc3)O4)c2)cc1. The number of rotatable bonds is 7. The first-order valence-corrected chi connectivity index (χ1v) is 20.3. The molecule has 0 amide bonds. The van der Waals surface area contributed by atoms with Gasteiger partial charge in [0.15, 0.2) is 23.0 Å². The van der Waals surface area contributed by atoms with Crippen LogP contribution in [0.3, 0.4) is 0 Å². The molecular weight excluding hydrogens is 731 g/mol. The Morgan fingerprint density at radius 2 is 0.917 bits per heavy atom. The summed E-state index contributed by atoms with van der Waals surface area (Å²) in [5.74, 6) is 2.88. The molecule has 0 radical (unpaired) electrons. The van der Waals surface area contributed by atoms with Gasteiger partial charge in [-0.15, -0.1) is 0 Å². The molecule has 0 bridgehead atoms. The molecule has 0 saturated carbocycles. The lowest BCUT2D eigenvalue weighted by atomic mass is 9.68. The van der Waals surface area contributed by atoms with Crippen LogP contribution in [0.25, 0.3) is 33.4 Å². The van der Waals surface area contributed by atoms with Gasteiger partial charge in [0.05, 0.1) is 5.41 Å². The number of para-hydroxylation sites is 1. The van der Waals surface area contributed by atoms with Crippen LogP contribution in [0.2, 0.25) is 0 Å². The smallest absolute Gasteiger partial charge is 0.178 e. The Kier molecular flexibility index (Phi) is 9.48. The van der Waals surface area contributed by atoms with Gasteiger partial charge < -0.3 is 14.9 Å².